The summed E-state index contributed by atoms with van der Waals surface area (Å²) in [6.45, 7) is 10.5. The topological polar surface area (TPSA) is 120 Å². The highest BCUT2D eigenvalue weighted by Crippen LogP contribution is 2.28. The third-order valence-electron chi connectivity index (χ3n) is 9.04. The molecule has 3 N–H and O–H groups in total. The summed E-state index contributed by atoms with van der Waals surface area (Å²) >= 11 is 6.57. The van der Waals surface area contributed by atoms with Crippen LogP contribution >= 0.6 is 11.6 Å². The van der Waals surface area contributed by atoms with Crippen LogP contribution in [0.2, 0.25) is 5.02 Å². The molecule has 4 unspecified atom stereocenters. The Balaban J connectivity index is 1.25. The number of nitrogens with one attached hydrogen (secondary N) is 3. The molecule has 5 rings (SSSR count). The molecule has 9 nitrogen and oxygen atoms in total. The minimum Gasteiger partial charge on any atom is -0.460 e. The number of nitriles is 1. The van der Waals surface area contributed by atoms with Crippen molar-refractivity contribution in [2.75, 3.05) is 19.6 Å². The summed E-state index contributed by atoms with van der Waals surface area (Å²) in [7, 11) is 0. The molecule has 1 aliphatic rings. The van der Waals surface area contributed by atoms with Gasteiger partial charge in [-0.3, -0.25) is 4.79 Å². The van der Waals surface area contributed by atoms with Gasteiger partial charge >= 0.3 is 6.09 Å². The van der Waals surface area contributed by atoms with Crippen LogP contribution in [0.25, 0.3) is 11.3 Å². The SMILES string of the molecule is Cc1ccc(C(C)NCc2ccc(-c3ccc(Cl)c(C(=O)NC(CNC4CCN(C(=O)OC(C)(C)C)CC4F)Cc4ccc(C#N)cc4)c3)o2)cc1. The van der Waals surface area contributed by atoms with E-state index in [0.717, 1.165) is 11.3 Å². The molecule has 11 heteroatoms. The quantitative estimate of drug-likeness (QED) is 0.136. The van der Waals surface area contributed by atoms with Gasteiger partial charge < -0.3 is 30.0 Å². The first-order valence-corrected chi connectivity index (χ1v) is 18.0. The zero-order valence-corrected chi connectivity index (χ0v) is 31.1. The van der Waals surface area contributed by atoms with Crippen LogP contribution in [0.1, 0.15) is 78.5 Å². The number of aryl methyl sites for hydroxylation is 1. The predicted molar refractivity (Wildman–Crippen MR) is 201 cm³/mol. The number of nitrogens with zero attached hydrogens (tertiary/aromatic N) is 2. The van der Waals surface area contributed by atoms with E-state index in [1.807, 2.05) is 30.3 Å². The average molecular weight is 728 g/mol. The molecule has 52 heavy (non-hydrogen) atoms. The third kappa shape index (κ3) is 10.7. The van der Waals surface area contributed by atoms with Gasteiger partial charge in [0.1, 0.15) is 23.3 Å². The molecule has 1 fully saturated rings. The molecule has 0 bridgehead atoms. The van der Waals surface area contributed by atoms with Gasteiger partial charge in [0.05, 0.1) is 35.3 Å². The first-order valence-electron chi connectivity index (χ1n) is 17.6. The lowest BCUT2D eigenvalue weighted by Gasteiger charge is -2.36. The Morgan fingerprint density at radius 2 is 1.81 bits per heavy atom. The minimum absolute atomic E-state index is 0.0854. The van der Waals surface area contributed by atoms with Crippen molar-refractivity contribution < 1.29 is 23.1 Å². The highest BCUT2D eigenvalue weighted by Gasteiger charge is 2.34. The lowest BCUT2D eigenvalue weighted by molar-refractivity contribution is 0.00929. The smallest absolute Gasteiger partial charge is 0.410 e. The number of benzene rings is 3. The van der Waals surface area contributed by atoms with Crippen molar-refractivity contribution in [1.82, 2.24) is 20.9 Å². The summed E-state index contributed by atoms with van der Waals surface area (Å²) in [6.07, 6.45) is -1.05. The van der Waals surface area contributed by atoms with Gasteiger partial charge in [-0.2, -0.15) is 5.26 Å². The highest BCUT2D eigenvalue weighted by atomic mass is 35.5. The minimum atomic E-state index is -1.32. The van der Waals surface area contributed by atoms with Crippen LogP contribution in [0.15, 0.2) is 83.3 Å². The summed E-state index contributed by atoms with van der Waals surface area (Å²) in [5, 5.41) is 19.4. The first kappa shape index (κ1) is 38.5. The molecule has 0 saturated carbocycles. The van der Waals surface area contributed by atoms with E-state index in [1.165, 1.54) is 16.0 Å². The van der Waals surface area contributed by atoms with Gasteiger partial charge in [0.15, 0.2) is 0 Å². The van der Waals surface area contributed by atoms with E-state index < -0.39 is 29.9 Å². The molecule has 1 aromatic heterocycles. The Hall–Kier alpha value is -4.69. The van der Waals surface area contributed by atoms with Crippen molar-refractivity contribution in [1.29, 1.82) is 5.26 Å². The Kier molecular flexibility index (Phi) is 12.8. The first-order chi connectivity index (χ1) is 24.8. The third-order valence-corrected chi connectivity index (χ3v) is 9.37. The molecule has 0 radical (unpaired) electrons. The Morgan fingerprint density at radius 3 is 2.48 bits per heavy atom. The second-order valence-corrected chi connectivity index (χ2v) is 14.8. The lowest BCUT2D eigenvalue weighted by Crippen LogP contribution is -2.55. The number of alkyl halides is 1. The largest absolute Gasteiger partial charge is 0.460 e. The second kappa shape index (κ2) is 17.2. The van der Waals surface area contributed by atoms with Gasteiger partial charge in [-0.05, 0) is 101 Å². The number of carbonyl (C=O) groups is 2. The number of piperidine rings is 1. The van der Waals surface area contributed by atoms with Crippen molar-refractivity contribution in [2.45, 2.75) is 83.9 Å². The number of likely N-dealkylation sites (tertiary alicyclic amines) is 1. The molecule has 4 atom stereocenters. The van der Waals surface area contributed by atoms with Crippen LogP contribution in [0.4, 0.5) is 9.18 Å². The van der Waals surface area contributed by atoms with Gasteiger partial charge in [0, 0.05) is 36.8 Å². The van der Waals surface area contributed by atoms with Crippen LogP contribution < -0.4 is 16.0 Å². The van der Waals surface area contributed by atoms with Gasteiger partial charge in [0.25, 0.3) is 5.91 Å². The molecule has 1 aliphatic heterocycles. The fraction of sp³-hybridized carbons (Fsp3) is 0.390. The van der Waals surface area contributed by atoms with E-state index >= 15 is 4.39 Å². The van der Waals surface area contributed by atoms with E-state index in [2.05, 4.69) is 60.1 Å². The number of ether oxygens (including phenoxy) is 1. The normalized spacial score (nSPS) is 17.2. The maximum atomic E-state index is 15.4. The summed E-state index contributed by atoms with van der Waals surface area (Å²) in [6, 6.07) is 25.8. The Labute approximate surface area is 310 Å². The summed E-state index contributed by atoms with van der Waals surface area (Å²) in [5.74, 6) is 0.976. The Bertz CT molecular complexity index is 1870. The number of amides is 2. The number of halogens is 2. The fourth-order valence-corrected chi connectivity index (χ4v) is 6.27. The Morgan fingerprint density at radius 1 is 1.08 bits per heavy atom. The van der Waals surface area contributed by atoms with Crippen LogP contribution in [0, 0.1) is 18.3 Å². The number of furan rings is 1. The molecule has 2 heterocycles. The van der Waals surface area contributed by atoms with Crippen LogP contribution in [-0.2, 0) is 17.7 Å². The molecule has 1 saturated heterocycles. The fourth-order valence-electron chi connectivity index (χ4n) is 6.07. The van der Waals surface area contributed by atoms with E-state index in [0.29, 0.717) is 42.8 Å². The molecule has 274 valence electrons. The van der Waals surface area contributed by atoms with Gasteiger partial charge in [0.2, 0.25) is 0 Å². The van der Waals surface area contributed by atoms with Gasteiger partial charge in [-0.15, -0.1) is 0 Å². The molecule has 2 amide bonds. The standard InChI is InChI=1S/C41H47ClFN5O4/c1-26-6-12-30(13-7-26)27(2)45-24-33-15-17-38(51-33)31-14-16-35(42)34(21-31)39(49)47-32(20-28-8-10-29(22-44)11-9-28)23-46-37-18-19-48(25-36(37)43)40(50)52-41(3,4)5/h6-17,21,27,32,36-37,45-46H,18-20,23-25H2,1-5H3,(H,47,49). The van der Waals surface area contributed by atoms with Crippen molar-refractivity contribution >= 4 is 23.6 Å². The number of rotatable bonds is 12. The molecule has 0 aliphatic carbocycles. The zero-order chi connectivity index (χ0) is 37.4. The molecular weight excluding hydrogens is 681 g/mol. The highest BCUT2D eigenvalue weighted by molar-refractivity contribution is 6.34. The van der Waals surface area contributed by atoms with Crippen molar-refractivity contribution in [3.05, 3.63) is 117 Å². The maximum Gasteiger partial charge on any atom is 0.410 e. The monoisotopic (exact) mass is 727 g/mol. The predicted octanol–water partition coefficient (Wildman–Crippen LogP) is 7.91. The van der Waals surface area contributed by atoms with Crippen molar-refractivity contribution in [3.8, 4) is 17.4 Å². The van der Waals surface area contributed by atoms with Crippen LogP contribution in [-0.4, -0.2) is 60.4 Å². The summed E-state index contributed by atoms with van der Waals surface area (Å²) < 4.78 is 26.9. The second-order valence-electron chi connectivity index (χ2n) is 14.4. The van der Waals surface area contributed by atoms with Crippen molar-refractivity contribution in [3.63, 3.8) is 0 Å². The average Bonchev–Trinajstić information content (AvgIpc) is 3.59. The van der Waals surface area contributed by atoms with E-state index in [4.69, 9.17) is 20.8 Å². The maximum absolute atomic E-state index is 15.4. The molecular formula is C41H47ClFN5O4. The molecule has 3 aromatic carbocycles. The zero-order valence-electron chi connectivity index (χ0n) is 30.3. The lowest BCUT2D eigenvalue weighted by atomic mass is 10.0. The van der Waals surface area contributed by atoms with Crippen LogP contribution in [0.3, 0.4) is 0 Å². The number of carbonyl (C=O) groups excluding carboxylic acids is 2. The van der Waals surface area contributed by atoms with E-state index in [1.54, 1.807) is 45.0 Å². The van der Waals surface area contributed by atoms with E-state index in [-0.39, 0.29) is 35.6 Å². The number of hydrogen-bond acceptors (Lipinski definition) is 7. The molecule has 0 spiro atoms. The van der Waals surface area contributed by atoms with Gasteiger partial charge in [-0.25, -0.2) is 9.18 Å². The van der Waals surface area contributed by atoms with Crippen LogP contribution in [0.5, 0.6) is 0 Å². The number of hydrogen-bond donors (Lipinski definition) is 3. The molecule has 4 aromatic rings. The summed E-state index contributed by atoms with van der Waals surface area (Å²) in [5.41, 5.74) is 4.14. The van der Waals surface area contributed by atoms with Gasteiger partial charge in [-0.1, -0.05) is 53.6 Å². The van der Waals surface area contributed by atoms with E-state index in [9.17, 15) is 14.9 Å². The van der Waals surface area contributed by atoms with Crippen molar-refractivity contribution in [2.24, 2.45) is 0 Å². The summed E-state index contributed by atoms with van der Waals surface area (Å²) in [4.78, 5) is 27.7.